The molecule has 1 aromatic rings. The van der Waals surface area contributed by atoms with E-state index in [0.717, 1.165) is 37.7 Å². The number of piperidine rings is 1. The highest BCUT2D eigenvalue weighted by Gasteiger charge is 2.29. The van der Waals surface area contributed by atoms with Gasteiger partial charge in [-0.05, 0) is 56.4 Å². The van der Waals surface area contributed by atoms with E-state index in [2.05, 4.69) is 36.2 Å². The normalized spacial score (nSPS) is 22.2. The number of likely N-dealkylation sites (tertiary alicyclic amines) is 1. The molecule has 1 saturated heterocycles. The van der Waals surface area contributed by atoms with Crippen molar-refractivity contribution >= 4 is 11.7 Å². The Morgan fingerprint density at radius 2 is 1.96 bits per heavy atom. The Kier molecular flexibility index (Phi) is 5.21. The molecule has 2 aliphatic heterocycles. The van der Waals surface area contributed by atoms with Crippen LogP contribution in [0.2, 0.25) is 0 Å². The van der Waals surface area contributed by atoms with Gasteiger partial charge in [0.1, 0.15) is 0 Å². The molecule has 0 saturated carbocycles. The molecular formula is C19H29N3O. The first-order chi connectivity index (χ1) is 11.1. The molecule has 3 rings (SSSR count). The minimum absolute atomic E-state index is 0.0501. The van der Waals surface area contributed by atoms with Crippen LogP contribution in [-0.2, 0) is 0 Å². The van der Waals surface area contributed by atoms with Crippen LogP contribution in [0.1, 0.15) is 44.6 Å². The first-order valence-electron chi connectivity index (χ1n) is 9.02. The van der Waals surface area contributed by atoms with Gasteiger partial charge < -0.3 is 10.2 Å². The topological polar surface area (TPSA) is 35.6 Å². The van der Waals surface area contributed by atoms with Gasteiger partial charge in [-0.3, -0.25) is 4.90 Å². The molecule has 23 heavy (non-hydrogen) atoms. The van der Waals surface area contributed by atoms with Crippen LogP contribution in [0.5, 0.6) is 0 Å². The zero-order chi connectivity index (χ0) is 16.2. The van der Waals surface area contributed by atoms with Crippen molar-refractivity contribution in [3.63, 3.8) is 0 Å². The molecule has 0 spiro atoms. The first-order valence-corrected chi connectivity index (χ1v) is 9.02. The van der Waals surface area contributed by atoms with Crippen LogP contribution in [-0.4, -0.2) is 43.7 Å². The Hall–Kier alpha value is -1.55. The summed E-state index contributed by atoms with van der Waals surface area (Å²) in [5.74, 6) is 1.30. The largest absolute Gasteiger partial charge is 0.338 e. The molecule has 4 nitrogen and oxygen atoms in total. The number of carbonyl (C=O) groups is 1. The predicted molar refractivity (Wildman–Crippen MR) is 95.1 cm³/mol. The smallest absolute Gasteiger partial charge is 0.321 e. The van der Waals surface area contributed by atoms with Gasteiger partial charge >= 0.3 is 6.03 Å². The third-order valence-electron chi connectivity index (χ3n) is 5.26. The summed E-state index contributed by atoms with van der Waals surface area (Å²) in [6.45, 7) is 9.60. The zero-order valence-corrected chi connectivity index (χ0v) is 14.4. The van der Waals surface area contributed by atoms with E-state index in [4.69, 9.17) is 0 Å². The lowest BCUT2D eigenvalue weighted by Gasteiger charge is -2.30. The number of benzene rings is 1. The van der Waals surface area contributed by atoms with E-state index in [9.17, 15) is 4.79 Å². The van der Waals surface area contributed by atoms with Crippen LogP contribution in [0.3, 0.4) is 0 Å². The summed E-state index contributed by atoms with van der Waals surface area (Å²) >= 11 is 0. The minimum atomic E-state index is 0.0501. The number of hydrogen-bond acceptors (Lipinski definition) is 2. The first kappa shape index (κ1) is 16.3. The second-order valence-electron chi connectivity index (χ2n) is 7.18. The van der Waals surface area contributed by atoms with Crippen molar-refractivity contribution in [2.45, 2.75) is 39.0 Å². The molecule has 1 atom stereocenters. The van der Waals surface area contributed by atoms with Crippen LogP contribution < -0.4 is 10.2 Å². The lowest BCUT2D eigenvalue weighted by Crippen LogP contribution is -2.41. The summed E-state index contributed by atoms with van der Waals surface area (Å²) < 4.78 is 0. The highest BCUT2D eigenvalue weighted by Crippen LogP contribution is 2.35. The van der Waals surface area contributed by atoms with Crippen molar-refractivity contribution in [3.05, 3.63) is 29.8 Å². The number of amides is 2. The number of para-hydroxylation sites is 1. The predicted octanol–water partition coefficient (Wildman–Crippen LogP) is 3.44. The van der Waals surface area contributed by atoms with Gasteiger partial charge in [-0.1, -0.05) is 32.0 Å². The van der Waals surface area contributed by atoms with Gasteiger partial charge in [0.25, 0.3) is 0 Å². The van der Waals surface area contributed by atoms with Gasteiger partial charge in [0.15, 0.2) is 0 Å². The van der Waals surface area contributed by atoms with Crippen LogP contribution in [0.25, 0.3) is 0 Å². The number of urea groups is 1. The molecule has 0 radical (unpaired) electrons. The molecule has 1 unspecified atom stereocenters. The Morgan fingerprint density at radius 3 is 2.74 bits per heavy atom. The fraction of sp³-hybridized carbons (Fsp3) is 0.632. The van der Waals surface area contributed by atoms with Gasteiger partial charge in [-0.2, -0.15) is 0 Å². The number of hydrogen-bond donors (Lipinski definition) is 1. The second kappa shape index (κ2) is 7.35. The van der Waals surface area contributed by atoms with Gasteiger partial charge in [0, 0.05) is 24.7 Å². The molecular weight excluding hydrogens is 286 g/mol. The van der Waals surface area contributed by atoms with Gasteiger partial charge in [-0.25, -0.2) is 4.79 Å². The van der Waals surface area contributed by atoms with Crippen molar-refractivity contribution in [1.82, 2.24) is 10.2 Å². The maximum absolute atomic E-state index is 12.4. The van der Waals surface area contributed by atoms with Crippen molar-refractivity contribution < 1.29 is 4.79 Å². The van der Waals surface area contributed by atoms with E-state index in [1.807, 2.05) is 17.0 Å². The Labute approximate surface area is 139 Å². The summed E-state index contributed by atoms with van der Waals surface area (Å²) in [7, 11) is 0. The summed E-state index contributed by atoms with van der Waals surface area (Å²) in [6.07, 6.45) is 3.66. The third-order valence-corrected chi connectivity index (χ3v) is 5.26. The molecule has 4 heteroatoms. The number of nitrogens with zero attached hydrogens (tertiary/aromatic N) is 2. The fourth-order valence-corrected chi connectivity index (χ4v) is 3.69. The van der Waals surface area contributed by atoms with Crippen LogP contribution in [0, 0.1) is 5.92 Å². The summed E-state index contributed by atoms with van der Waals surface area (Å²) in [5.41, 5.74) is 2.35. The highest BCUT2D eigenvalue weighted by atomic mass is 16.2. The lowest BCUT2D eigenvalue weighted by molar-refractivity contribution is 0.190. The van der Waals surface area contributed by atoms with Gasteiger partial charge in [-0.15, -0.1) is 0 Å². The van der Waals surface area contributed by atoms with Crippen molar-refractivity contribution in [2.75, 3.05) is 37.6 Å². The fourth-order valence-electron chi connectivity index (χ4n) is 3.69. The standard InChI is InChI=1S/C19H29N3O/c1-15-8-12-21(13-9-15)11-5-10-20-19(23)22-14-16(2)17-6-3-4-7-18(17)22/h3-4,6-7,15-16H,5,8-14H2,1-2H3,(H,20,23). The van der Waals surface area contributed by atoms with E-state index < -0.39 is 0 Å². The number of carbonyl (C=O) groups excluding carboxylic acids is 1. The van der Waals surface area contributed by atoms with Crippen LogP contribution >= 0.6 is 0 Å². The number of nitrogens with one attached hydrogen (secondary N) is 1. The van der Waals surface area contributed by atoms with Crippen molar-refractivity contribution in [2.24, 2.45) is 5.92 Å². The third kappa shape index (κ3) is 3.86. The summed E-state index contributed by atoms with van der Waals surface area (Å²) in [6, 6.07) is 8.29. The molecule has 0 aliphatic carbocycles. The zero-order valence-electron chi connectivity index (χ0n) is 14.4. The van der Waals surface area contributed by atoms with Gasteiger partial charge in [0.2, 0.25) is 0 Å². The molecule has 1 aromatic carbocycles. The summed E-state index contributed by atoms with van der Waals surface area (Å²) in [4.78, 5) is 16.9. The lowest BCUT2D eigenvalue weighted by atomic mass is 9.99. The number of anilines is 1. The molecule has 0 bridgehead atoms. The molecule has 2 heterocycles. The quantitative estimate of drug-likeness (QED) is 0.864. The van der Waals surface area contributed by atoms with Crippen molar-refractivity contribution in [3.8, 4) is 0 Å². The average molecular weight is 315 g/mol. The highest BCUT2D eigenvalue weighted by molar-refractivity contribution is 5.94. The maximum atomic E-state index is 12.4. The van der Waals surface area contributed by atoms with Crippen LogP contribution in [0.15, 0.2) is 24.3 Å². The summed E-state index contributed by atoms with van der Waals surface area (Å²) in [5, 5.41) is 3.09. The monoisotopic (exact) mass is 315 g/mol. The second-order valence-corrected chi connectivity index (χ2v) is 7.18. The van der Waals surface area contributed by atoms with E-state index in [-0.39, 0.29) is 6.03 Å². The number of fused-ring (bicyclic) bond motifs is 1. The van der Waals surface area contributed by atoms with E-state index in [1.165, 1.54) is 31.5 Å². The van der Waals surface area contributed by atoms with Crippen molar-refractivity contribution in [1.29, 1.82) is 0 Å². The molecule has 1 fully saturated rings. The molecule has 126 valence electrons. The Bertz CT molecular complexity index is 537. The molecule has 0 aromatic heterocycles. The van der Waals surface area contributed by atoms with Crippen LogP contribution in [0.4, 0.5) is 10.5 Å². The molecule has 2 aliphatic rings. The van der Waals surface area contributed by atoms with E-state index in [1.54, 1.807) is 0 Å². The Morgan fingerprint density at radius 1 is 1.22 bits per heavy atom. The SMILES string of the molecule is CC1CCN(CCCNC(=O)N2CC(C)c3ccccc32)CC1. The molecule has 2 amide bonds. The molecule has 1 N–H and O–H groups in total. The van der Waals surface area contributed by atoms with E-state index >= 15 is 0 Å². The minimum Gasteiger partial charge on any atom is -0.338 e. The Balaban J connectivity index is 1.42. The average Bonchev–Trinajstić information content (AvgIpc) is 2.91. The number of rotatable bonds is 4. The maximum Gasteiger partial charge on any atom is 0.321 e. The van der Waals surface area contributed by atoms with E-state index in [0.29, 0.717) is 5.92 Å². The van der Waals surface area contributed by atoms with Gasteiger partial charge in [0.05, 0.1) is 0 Å².